The Bertz CT molecular complexity index is 306. The van der Waals surface area contributed by atoms with E-state index in [2.05, 4.69) is 38.3 Å². The van der Waals surface area contributed by atoms with Gasteiger partial charge in [0.05, 0.1) is 6.04 Å². The number of nitrogens with one attached hydrogen (secondary N) is 2. The van der Waals surface area contributed by atoms with Crippen LogP contribution in [0.15, 0.2) is 0 Å². The van der Waals surface area contributed by atoms with Gasteiger partial charge < -0.3 is 10.6 Å². The highest BCUT2D eigenvalue weighted by molar-refractivity contribution is 14.1. The molecule has 0 fully saturated rings. The van der Waals surface area contributed by atoms with Crippen molar-refractivity contribution in [2.24, 2.45) is 11.8 Å². The van der Waals surface area contributed by atoms with Crippen LogP contribution in [-0.4, -0.2) is 28.3 Å². The Morgan fingerprint density at radius 3 is 2.10 bits per heavy atom. The number of halogens is 1. The summed E-state index contributed by atoms with van der Waals surface area (Å²) in [7, 11) is 0. The van der Waals surface area contributed by atoms with Crippen LogP contribution in [0, 0.1) is 11.8 Å². The lowest BCUT2D eigenvalue weighted by molar-refractivity contribution is -0.126. The molecule has 4 nitrogen and oxygen atoms in total. The smallest absolute Gasteiger partial charge is 0.280 e. The van der Waals surface area contributed by atoms with E-state index in [1.54, 1.807) is 22.6 Å². The van der Waals surface area contributed by atoms with Crippen LogP contribution < -0.4 is 10.6 Å². The van der Waals surface area contributed by atoms with Gasteiger partial charge in [0, 0.05) is 41.1 Å². The topological polar surface area (TPSA) is 58.2 Å². The molecule has 0 aromatic rings. The molecule has 0 saturated heterocycles. The van der Waals surface area contributed by atoms with Crippen LogP contribution in [0.5, 0.6) is 0 Å². The Labute approximate surface area is 137 Å². The first-order valence-corrected chi connectivity index (χ1v) is 8.56. The Morgan fingerprint density at radius 2 is 1.65 bits per heavy atom. The molecule has 0 heterocycles. The van der Waals surface area contributed by atoms with E-state index >= 15 is 0 Å². The molecule has 2 N–H and O–H groups in total. The molecule has 1 amide bonds. The molecule has 2 atom stereocenters. The zero-order valence-electron chi connectivity index (χ0n) is 13.3. The van der Waals surface area contributed by atoms with E-state index < -0.39 is 0 Å². The largest absolute Gasteiger partial charge is 0.348 e. The Hall–Kier alpha value is -0.170. The summed E-state index contributed by atoms with van der Waals surface area (Å²) in [5.41, 5.74) is 0. The summed E-state index contributed by atoms with van der Waals surface area (Å²) in [6.45, 7) is 11.0. The molecule has 5 heteroatoms. The van der Waals surface area contributed by atoms with Gasteiger partial charge >= 0.3 is 0 Å². The minimum atomic E-state index is -0.0669. The first kappa shape index (κ1) is 19.8. The quantitative estimate of drug-likeness (QED) is 0.257. The van der Waals surface area contributed by atoms with Crippen molar-refractivity contribution in [3.05, 3.63) is 0 Å². The molecule has 2 unspecified atom stereocenters. The Kier molecular flexibility index (Phi) is 10.5. The van der Waals surface area contributed by atoms with Gasteiger partial charge in [-0.1, -0.05) is 34.6 Å². The summed E-state index contributed by atoms with van der Waals surface area (Å²) in [5.74, 6) is 0.768. The third kappa shape index (κ3) is 8.89. The van der Waals surface area contributed by atoms with Gasteiger partial charge in [0.1, 0.15) is 0 Å². The summed E-state index contributed by atoms with van der Waals surface area (Å²) in [5, 5.41) is 6.15. The van der Waals surface area contributed by atoms with E-state index in [4.69, 9.17) is 0 Å². The second-order valence-corrected chi connectivity index (χ2v) is 6.99. The maximum atomic E-state index is 12.5. The van der Waals surface area contributed by atoms with Gasteiger partial charge in [0.15, 0.2) is 5.78 Å². The van der Waals surface area contributed by atoms with Crippen molar-refractivity contribution >= 4 is 32.3 Å². The molecule has 0 aliphatic rings. The summed E-state index contributed by atoms with van der Waals surface area (Å²) in [6, 6.07) is 0.236. The van der Waals surface area contributed by atoms with Crippen LogP contribution in [0.2, 0.25) is 0 Å². The van der Waals surface area contributed by atoms with Crippen molar-refractivity contribution in [2.45, 2.75) is 66.0 Å². The molecule has 0 aromatic carbocycles. The van der Waals surface area contributed by atoms with Crippen LogP contribution in [0.4, 0.5) is 4.79 Å². The van der Waals surface area contributed by atoms with Gasteiger partial charge in [-0.3, -0.25) is 9.59 Å². The van der Waals surface area contributed by atoms with Crippen LogP contribution in [0.25, 0.3) is 0 Å². The van der Waals surface area contributed by atoms with Crippen LogP contribution in [0.3, 0.4) is 0 Å². The van der Waals surface area contributed by atoms with Crippen molar-refractivity contribution < 1.29 is 9.59 Å². The van der Waals surface area contributed by atoms with Gasteiger partial charge in [-0.2, -0.15) is 0 Å². The van der Waals surface area contributed by atoms with Gasteiger partial charge in [-0.05, 0) is 25.2 Å². The van der Waals surface area contributed by atoms with Gasteiger partial charge in [0.2, 0.25) is 0 Å². The minimum absolute atomic E-state index is 0.0241. The summed E-state index contributed by atoms with van der Waals surface area (Å²) < 4.78 is -0.0241. The van der Waals surface area contributed by atoms with Crippen LogP contribution >= 0.6 is 22.6 Å². The molecule has 0 aliphatic heterocycles. The zero-order valence-corrected chi connectivity index (χ0v) is 15.5. The third-order valence-corrected chi connectivity index (χ3v) is 3.89. The summed E-state index contributed by atoms with van der Waals surface area (Å²) in [4.78, 5) is 23.2. The number of carbonyl (C=O) groups is 2. The summed E-state index contributed by atoms with van der Waals surface area (Å²) >= 11 is 1.73. The highest BCUT2D eigenvalue weighted by atomic mass is 127. The van der Waals surface area contributed by atoms with E-state index in [1.165, 1.54) is 0 Å². The highest BCUT2D eigenvalue weighted by Gasteiger charge is 2.25. The second-order valence-electron chi connectivity index (χ2n) is 6.01. The molecule has 20 heavy (non-hydrogen) atoms. The number of ketones is 1. The number of unbranched alkanes of at least 4 members (excludes halogenated alkanes) is 1. The fourth-order valence-corrected chi connectivity index (χ4v) is 2.29. The van der Waals surface area contributed by atoms with E-state index in [9.17, 15) is 9.59 Å². The van der Waals surface area contributed by atoms with Crippen molar-refractivity contribution in [1.29, 1.82) is 0 Å². The first-order valence-electron chi connectivity index (χ1n) is 7.48. The lowest BCUT2D eigenvalue weighted by Crippen LogP contribution is -2.44. The predicted octanol–water partition coefficient (Wildman–Crippen LogP) is 3.53. The number of hydrogen-bond donors (Lipinski definition) is 2. The van der Waals surface area contributed by atoms with Gasteiger partial charge in [-0.25, -0.2) is 0 Å². The molecule has 118 valence electrons. The first-order chi connectivity index (χ1) is 9.25. The SMILES string of the molecule is CC(C)NC(CCCCNC(=O)I)C(=O)C(C)C(C)C. The number of hydrogen-bond acceptors (Lipinski definition) is 3. The molecule has 0 bridgehead atoms. The molecule has 0 radical (unpaired) electrons. The van der Waals surface area contributed by atoms with Crippen LogP contribution in [0.1, 0.15) is 53.9 Å². The average molecular weight is 396 g/mol. The van der Waals surface area contributed by atoms with Crippen molar-refractivity contribution in [3.8, 4) is 0 Å². The molecule has 0 saturated carbocycles. The Morgan fingerprint density at radius 1 is 1.05 bits per heavy atom. The fraction of sp³-hybridized carbons (Fsp3) is 0.867. The van der Waals surface area contributed by atoms with Crippen molar-refractivity contribution in [2.75, 3.05) is 6.54 Å². The normalized spacial score (nSPS) is 14.4. The van der Waals surface area contributed by atoms with Crippen molar-refractivity contribution in [1.82, 2.24) is 10.6 Å². The summed E-state index contributed by atoms with van der Waals surface area (Å²) in [6.07, 6.45) is 2.69. The van der Waals surface area contributed by atoms with E-state index in [1.807, 2.05) is 6.92 Å². The maximum Gasteiger partial charge on any atom is 0.280 e. The average Bonchev–Trinajstić information content (AvgIpc) is 2.34. The number of amides is 1. The highest BCUT2D eigenvalue weighted by Crippen LogP contribution is 2.16. The lowest BCUT2D eigenvalue weighted by atomic mass is 9.87. The maximum absolute atomic E-state index is 12.5. The Balaban J connectivity index is 4.28. The van der Waals surface area contributed by atoms with Gasteiger partial charge in [-0.15, -0.1) is 0 Å². The standard InChI is InChI=1S/C15H29IN2O2/c1-10(2)12(5)14(19)13(18-11(3)4)8-6-7-9-17-15(16)20/h10-13,18H,6-9H2,1-5H3,(H,17,20). The predicted molar refractivity (Wildman–Crippen MR) is 92.3 cm³/mol. The fourth-order valence-electron chi connectivity index (χ4n) is 2.02. The third-order valence-electron chi connectivity index (χ3n) is 3.51. The van der Waals surface area contributed by atoms with E-state index in [-0.39, 0.29) is 15.9 Å². The molecular formula is C15H29IN2O2. The second kappa shape index (κ2) is 10.5. The zero-order chi connectivity index (χ0) is 15.7. The molecule has 0 aliphatic carbocycles. The number of carbonyl (C=O) groups excluding carboxylic acids is 2. The lowest BCUT2D eigenvalue weighted by Gasteiger charge is -2.25. The number of rotatable bonds is 10. The number of Topliss-reactive ketones (excluding diaryl/α,β-unsaturated/α-hetero) is 1. The van der Waals surface area contributed by atoms with E-state index in [0.717, 1.165) is 19.3 Å². The molecule has 0 rings (SSSR count). The monoisotopic (exact) mass is 396 g/mol. The molecule has 0 aromatic heterocycles. The van der Waals surface area contributed by atoms with Crippen LogP contribution in [-0.2, 0) is 4.79 Å². The van der Waals surface area contributed by atoms with Gasteiger partial charge in [0.25, 0.3) is 3.91 Å². The minimum Gasteiger partial charge on any atom is -0.348 e. The van der Waals surface area contributed by atoms with Crippen molar-refractivity contribution in [3.63, 3.8) is 0 Å². The molecular weight excluding hydrogens is 367 g/mol. The molecule has 0 spiro atoms. The van der Waals surface area contributed by atoms with E-state index in [0.29, 0.717) is 24.3 Å².